The topological polar surface area (TPSA) is 105 Å². The van der Waals surface area contributed by atoms with E-state index in [0.717, 1.165) is 7.11 Å². The minimum absolute atomic E-state index is 0.220. The summed E-state index contributed by atoms with van der Waals surface area (Å²) < 4.78 is 30.6. The molecule has 0 spiro atoms. The summed E-state index contributed by atoms with van der Waals surface area (Å²) >= 11 is 0. The molecule has 0 aliphatic heterocycles. The molecule has 1 unspecified atom stereocenters. The van der Waals surface area contributed by atoms with Crippen LogP contribution in [0.5, 0.6) is 0 Å². The van der Waals surface area contributed by atoms with Gasteiger partial charge in [0, 0.05) is 6.04 Å². The van der Waals surface area contributed by atoms with Crippen LogP contribution >= 0.6 is 0 Å². The third kappa shape index (κ3) is 6.59. The van der Waals surface area contributed by atoms with Crippen LogP contribution in [0, 0.1) is 5.92 Å². The number of methoxy groups -OCH3 is 1. The number of hydrogen-bond acceptors (Lipinski definition) is 5. The Bertz CT molecular complexity index is 314. The molecule has 0 bridgehead atoms. The third-order valence-corrected chi connectivity index (χ3v) is 2.78. The van der Waals surface area contributed by atoms with E-state index >= 15 is 0 Å². The molecular formula is C8H18N2O5S. The second kappa shape index (κ2) is 6.66. The van der Waals surface area contributed by atoms with Gasteiger partial charge in [-0.1, -0.05) is 13.8 Å². The smallest absolute Gasteiger partial charge is 0.421 e. The van der Waals surface area contributed by atoms with E-state index in [1.165, 1.54) is 0 Å². The van der Waals surface area contributed by atoms with Crippen molar-refractivity contribution in [2.75, 3.05) is 13.7 Å². The van der Waals surface area contributed by atoms with Crippen molar-refractivity contribution >= 4 is 16.3 Å². The average Bonchev–Trinajstić information content (AvgIpc) is 2.14. The summed E-state index contributed by atoms with van der Waals surface area (Å²) in [6.45, 7) is 3.45. The monoisotopic (exact) mass is 254 g/mol. The van der Waals surface area contributed by atoms with Gasteiger partial charge in [0.15, 0.2) is 0 Å². The van der Waals surface area contributed by atoms with Crippen molar-refractivity contribution in [3.63, 3.8) is 0 Å². The van der Waals surface area contributed by atoms with Crippen molar-refractivity contribution in [3.8, 4) is 0 Å². The van der Waals surface area contributed by atoms with Gasteiger partial charge >= 0.3 is 16.3 Å². The lowest BCUT2D eigenvalue weighted by Crippen LogP contribution is -2.46. The lowest BCUT2D eigenvalue weighted by atomic mass is 10.1. The molecule has 96 valence electrons. The number of aliphatic hydroxyl groups excluding tert-OH is 1. The molecule has 0 aromatic rings. The SMILES string of the molecule is COC(=O)NS(=O)(=O)NC(CO)CC(C)C. The Morgan fingerprint density at radius 1 is 1.44 bits per heavy atom. The van der Waals surface area contributed by atoms with Gasteiger partial charge in [-0.3, -0.25) is 0 Å². The Labute approximate surface area is 95.4 Å². The summed E-state index contributed by atoms with van der Waals surface area (Å²) in [5.41, 5.74) is 0. The van der Waals surface area contributed by atoms with Crippen LogP contribution in [0.4, 0.5) is 4.79 Å². The fourth-order valence-corrected chi connectivity index (χ4v) is 2.10. The van der Waals surface area contributed by atoms with E-state index in [1.54, 1.807) is 4.72 Å². The molecule has 7 nitrogen and oxygen atoms in total. The molecule has 0 heterocycles. The van der Waals surface area contributed by atoms with E-state index in [1.807, 2.05) is 13.8 Å². The van der Waals surface area contributed by atoms with Crippen LogP contribution in [0.2, 0.25) is 0 Å². The van der Waals surface area contributed by atoms with Crippen LogP contribution in [0.15, 0.2) is 0 Å². The molecule has 0 rings (SSSR count). The molecule has 16 heavy (non-hydrogen) atoms. The van der Waals surface area contributed by atoms with Gasteiger partial charge < -0.3 is 9.84 Å². The molecule has 0 radical (unpaired) electrons. The minimum atomic E-state index is -3.98. The van der Waals surface area contributed by atoms with Crippen LogP contribution in [0.25, 0.3) is 0 Å². The summed E-state index contributed by atoms with van der Waals surface area (Å²) in [5.74, 6) is 0.220. The number of amides is 1. The highest BCUT2D eigenvalue weighted by atomic mass is 32.2. The molecule has 0 aliphatic rings. The highest BCUT2D eigenvalue weighted by Crippen LogP contribution is 2.04. The van der Waals surface area contributed by atoms with E-state index in [9.17, 15) is 13.2 Å². The summed E-state index contributed by atoms with van der Waals surface area (Å²) in [6, 6.07) is -0.623. The number of nitrogens with one attached hydrogen (secondary N) is 2. The maximum Gasteiger partial charge on any atom is 0.421 e. The Hall–Kier alpha value is -0.860. The molecule has 0 fully saturated rings. The predicted molar refractivity (Wildman–Crippen MR) is 57.9 cm³/mol. The molecule has 0 aliphatic carbocycles. The minimum Gasteiger partial charge on any atom is -0.452 e. The summed E-state index contributed by atoms with van der Waals surface area (Å²) in [4.78, 5) is 10.7. The first-order valence-electron chi connectivity index (χ1n) is 4.79. The van der Waals surface area contributed by atoms with Crippen molar-refractivity contribution in [2.45, 2.75) is 26.3 Å². The first kappa shape index (κ1) is 15.1. The Balaban J connectivity index is 4.37. The first-order valence-corrected chi connectivity index (χ1v) is 6.28. The maximum atomic E-state index is 11.3. The van der Waals surface area contributed by atoms with E-state index in [0.29, 0.717) is 6.42 Å². The highest BCUT2D eigenvalue weighted by Gasteiger charge is 2.20. The highest BCUT2D eigenvalue weighted by molar-refractivity contribution is 7.88. The Kier molecular flexibility index (Phi) is 6.31. The molecule has 1 amide bonds. The molecule has 1 atom stereocenters. The van der Waals surface area contributed by atoms with Crippen molar-refractivity contribution in [1.29, 1.82) is 0 Å². The zero-order valence-electron chi connectivity index (χ0n) is 9.56. The first-order chi connectivity index (χ1) is 7.30. The van der Waals surface area contributed by atoms with Crippen molar-refractivity contribution < 1.29 is 23.1 Å². The lowest BCUT2D eigenvalue weighted by Gasteiger charge is -2.17. The van der Waals surface area contributed by atoms with E-state index < -0.39 is 22.3 Å². The Morgan fingerprint density at radius 2 is 2.00 bits per heavy atom. The van der Waals surface area contributed by atoms with Crippen molar-refractivity contribution in [2.24, 2.45) is 5.92 Å². The molecule has 8 heteroatoms. The second-order valence-electron chi connectivity index (χ2n) is 3.72. The van der Waals surface area contributed by atoms with Crippen LogP contribution in [0.3, 0.4) is 0 Å². The van der Waals surface area contributed by atoms with Crippen LogP contribution in [-0.4, -0.2) is 39.4 Å². The van der Waals surface area contributed by atoms with Gasteiger partial charge in [-0.2, -0.15) is 13.1 Å². The molecule has 0 saturated heterocycles. The molecule has 0 aromatic carbocycles. The predicted octanol–water partition coefficient (Wildman–Crippen LogP) is -0.416. The van der Waals surface area contributed by atoms with Gasteiger partial charge in [-0.15, -0.1) is 0 Å². The van der Waals surface area contributed by atoms with Crippen LogP contribution < -0.4 is 9.44 Å². The van der Waals surface area contributed by atoms with Gasteiger partial charge in [-0.05, 0) is 12.3 Å². The lowest BCUT2D eigenvalue weighted by molar-refractivity contribution is 0.177. The van der Waals surface area contributed by atoms with Gasteiger partial charge in [0.05, 0.1) is 13.7 Å². The number of carbonyl (C=O) groups is 1. The fraction of sp³-hybridized carbons (Fsp3) is 0.875. The van der Waals surface area contributed by atoms with Gasteiger partial charge in [0.25, 0.3) is 0 Å². The van der Waals surface area contributed by atoms with Crippen LogP contribution in [-0.2, 0) is 14.9 Å². The summed E-state index contributed by atoms with van der Waals surface area (Å²) in [6.07, 6.45) is -0.604. The van der Waals surface area contributed by atoms with Crippen molar-refractivity contribution in [1.82, 2.24) is 9.44 Å². The van der Waals surface area contributed by atoms with Crippen molar-refractivity contribution in [3.05, 3.63) is 0 Å². The number of rotatable bonds is 6. The average molecular weight is 254 g/mol. The molecule has 0 saturated carbocycles. The zero-order valence-corrected chi connectivity index (χ0v) is 10.4. The third-order valence-electron chi connectivity index (χ3n) is 1.70. The number of aliphatic hydroxyl groups is 1. The summed E-state index contributed by atoms with van der Waals surface area (Å²) in [5, 5.41) is 8.96. The van der Waals surface area contributed by atoms with Gasteiger partial charge in [-0.25, -0.2) is 9.52 Å². The normalized spacial score (nSPS) is 13.6. The van der Waals surface area contributed by atoms with E-state index in [4.69, 9.17) is 5.11 Å². The number of ether oxygens (including phenoxy) is 1. The van der Waals surface area contributed by atoms with Gasteiger partial charge in [0.1, 0.15) is 0 Å². The second-order valence-corrected chi connectivity index (χ2v) is 5.17. The zero-order chi connectivity index (χ0) is 12.8. The Morgan fingerprint density at radius 3 is 2.38 bits per heavy atom. The number of carbonyl (C=O) groups excluding carboxylic acids is 1. The number of hydrogen-bond donors (Lipinski definition) is 3. The van der Waals surface area contributed by atoms with Crippen LogP contribution in [0.1, 0.15) is 20.3 Å². The van der Waals surface area contributed by atoms with Gasteiger partial charge in [0.2, 0.25) is 0 Å². The standard InChI is InChI=1S/C8H18N2O5S/c1-6(2)4-7(5-11)9-16(13,14)10-8(12)15-3/h6-7,9,11H,4-5H2,1-3H3,(H,10,12). The fourth-order valence-electron chi connectivity index (χ4n) is 1.13. The summed E-state index contributed by atoms with van der Waals surface area (Å²) in [7, 11) is -2.93. The molecule has 0 aromatic heterocycles. The quantitative estimate of drug-likeness (QED) is 0.597. The van der Waals surface area contributed by atoms with E-state index in [-0.39, 0.29) is 12.5 Å². The van der Waals surface area contributed by atoms with E-state index in [2.05, 4.69) is 9.46 Å². The maximum absolute atomic E-state index is 11.3. The molecular weight excluding hydrogens is 236 g/mol. The molecule has 3 N–H and O–H groups in total. The largest absolute Gasteiger partial charge is 0.452 e.